The second kappa shape index (κ2) is 9.05. The van der Waals surface area contributed by atoms with Gasteiger partial charge >= 0.3 is 35.5 Å². The standard InChI is InChI=1S/C20H22F12O4/c1-35-11-7-3-5-9-13(11,33)15(21,22)17(25,26)19(29,30)20(31,32)18(27,28)16(23,24)14(34)10-6-4-8-12(14)36-2/h3-6,11-12,33-34H,7-10H2,1-2H3. The van der Waals surface area contributed by atoms with Crippen molar-refractivity contribution >= 4 is 0 Å². The normalized spacial score (nSPS) is 31.1. The molecule has 4 nitrogen and oxygen atoms in total. The second-order valence-electron chi connectivity index (χ2n) is 8.57. The molecule has 2 aliphatic rings. The summed E-state index contributed by atoms with van der Waals surface area (Å²) in [5, 5.41) is 20.2. The number of halogens is 12. The van der Waals surface area contributed by atoms with E-state index >= 15 is 0 Å². The summed E-state index contributed by atoms with van der Waals surface area (Å²) in [6, 6.07) is 0. The van der Waals surface area contributed by atoms with Gasteiger partial charge in [0.25, 0.3) is 0 Å². The molecule has 0 saturated carbocycles. The fourth-order valence-corrected chi connectivity index (χ4v) is 4.19. The molecule has 0 aromatic heterocycles. The Hall–Kier alpha value is -1.52. The summed E-state index contributed by atoms with van der Waals surface area (Å²) in [5.41, 5.74) is -8.66. The number of ether oxygens (including phenoxy) is 2. The van der Waals surface area contributed by atoms with Crippen LogP contribution >= 0.6 is 0 Å². The summed E-state index contributed by atoms with van der Waals surface area (Å²) < 4.78 is 183. The van der Waals surface area contributed by atoms with E-state index in [0.717, 1.165) is 12.2 Å². The van der Waals surface area contributed by atoms with Crippen molar-refractivity contribution in [1.82, 2.24) is 0 Å². The molecule has 16 heteroatoms. The average molecular weight is 554 g/mol. The first-order chi connectivity index (χ1) is 16.1. The molecular weight excluding hydrogens is 532 g/mol. The Kier molecular flexibility index (Phi) is 7.72. The lowest BCUT2D eigenvalue weighted by molar-refractivity contribution is -0.453. The minimum atomic E-state index is -7.91. The molecule has 0 bridgehead atoms. The van der Waals surface area contributed by atoms with Gasteiger partial charge in [-0.25, -0.2) is 0 Å². The van der Waals surface area contributed by atoms with Crippen LogP contribution in [0.15, 0.2) is 24.3 Å². The van der Waals surface area contributed by atoms with Gasteiger partial charge in [0.05, 0.1) is 12.2 Å². The summed E-state index contributed by atoms with van der Waals surface area (Å²) in [7, 11) is 1.16. The van der Waals surface area contributed by atoms with Crippen molar-refractivity contribution in [3.05, 3.63) is 24.3 Å². The van der Waals surface area contributed by atoms with Crippen LogP contribution in [-0.2, 0) is 9.47 Å². The third kappa shape index (κ3) is 3.68. The predicted molar refractivity (Wildman–Crippen MR) is 97.9 cm³/mol. The van der Waals surface area contributed by atoms with Gasteiger partial charge in [0, 0.05) is 27.1 Å². The molecule has 2 rings (SSSR count). The average Bonchev–Trinajstić information content (AvgIpc) is 2.78. The first kappa shape index (κ1) is 30.7. The van der Waals surface area contributed by atoms with E-state index < -0.39 is 84.6 Å². The zero-order chi connectivity index (χ0) is 28.2. The first-order valence-corrected chi connectivity index (χ1v) is 10.2. The zero-order valence-electron chi connectivity index (χ0n) is 18.5. The Morgan fingerprint density at radius 1 is 0.556 bits per heavy atom. The number of alkyl halides is 12. The van der Waals surface area contributed by atoms with Gasteiger partial charge < -0.3 is 19.7 Å². The van der Waals surface area contributed by atoms with Gasteiger partial charge in [0.2, 0.25) is 0 Å². The topological polar surface area (TPSA) is 58.9 Å². The molecule has 4 atom stereocenters. The summed E-state index contributed by atoms with van der Waals surface area (Å²) in [6.07, 6.45) is -6.35. The quantitative estimate of drug-likeness (QED) is 0.312. The lowest BCUT2D eigenvalue weighted by atomic mass is 9.73. The van der Waals surface area contributed by atoms with Crippen molar-refractivity contribution in [2.75, 3.05) is 14.2 Å². The molecule has 0 aliphatic heterocycles. The van der Waals surface area contributed by atoms with E-state index in [-0.39, 0.29) is 0 Å². The molecule has 36 heavy (non-hydrogen) atoms. The minimum Gasteiger partial charge on any atom is -0.380 e. The molecule has 0 fully saturated rings. The number of hydrogen-bond donors (Lipinski definition) is 2. The Bertz CT molecular complexity index is 805. The second-order valence-corrected chi connectivity index (χ2v) is 8.57. The molecule has 4 unspecified atom stereocenters. The van der Waals surface area contributed by atoms with Gasteiger partial charge in [-0.15, -0.1) is 0 Å². The maximum Gasteiger partial charge on any atom is 0.384 e. The Morgan fingerprint density at radius 3 is 1.08 bits per heavy atom. The van der Waals surface area contributed by atoms with E-state index in [2.05, 4.69) is 9.47 Å². The van der Waals surface area contributed by atoms with Crippen LogP contribution in [-0.4, -0.2) is 83.4 Å². The summed E-state index contributed by atoms with van der Waals surface area (Å²) in [6.45, 7) is 0. The molecule has 0 spiro atoms. The lowest BCUT2D eigenvalue weighted by Crippen LogP contribution is -2.78. The summed E-state index contributed by atoms with van der Waals surface area (Å²) >= 11 is 0. The van der Waals surface area contributed by atoms with Gasteiger partial charge in [0.1, 0.15) is 0 Å². The van der Waals surface area contributed by atoms with Crippen molar-refractivity contribution in [3.8, 4) is 0 Å². The number of aliphatic hydroxyl groups is 2. The Morgan fingerprint density at radius 2 is 0.833 bits per heavy atom. The van der Waals surface area contributed by atoms with Crippen LogP contribution in [0.3, 0.4) is 0 Å². The molecule has 0 radical (unpaired) electrons. The molecule has 0 heterocycles. The van der Waals surface area contributed by atoms with Crippen LogP contribution < -0.4 is 0 Å². The highest BCUT2D eigenvalue weighted by atomic mass is 19.4. The number of hydrogen-bond acceptors (Lipinski definition) is 4. The molecule has 2 N–H and O–H groups in total. The number of methoxy groups -OCH3 is 2. The smallest absolute Gasteiger partial charge is 0.380 e. The van der Waals surface area contributed by atoms with Gasteiger partial charge in [-0.2, -0.15) is 52.7 Å². The third-order valence-corrected chi connectivity index (χ3v) is 6.59. The maximum absolute atomic E-state index is 14.7. The monoisotopic (exact) mass is 554 g/mol. The van der Waals surface area contributed by atoms with Crippen LogP contribution in [0, 0.1) is 0 Å². The van der Waals surface area contributed by atoms with E-state index in [9.17, 15) is 62.9 Å². The van der Waals surface area contributed by atoms with E-state index in [1.54, 1.807) is 0 Å². The Labute approximate surface area is 196 Å². The van der Waals surface area contributed by atoms with E-state index in [0.29, 0.717) is 26.4 Å². The van der Waals surface area contributed by atoms with Crippen molar-refractivity contribution < 1.29 is 72.4 Å². The first-order valence-electron chi connectivity index (χ1n) is 10.2. The fraction of sp³-hybridized carbons (Fsp3) is 0.800. The largest absolute Gasteiger partial charge is 0.384 e. The summed E-state index contributed by atoms with van der Waals surface area (Å²) in [4.78, 5) is 0. The predicted octanol–water partition coefficient (Wildman–Crippen LogP) is 4.99. The van der Waals surface area contributed by atoms with E-state index in [1.165, 1.54) is 0 Å². The van der Waals surface area contributed by atoms with Crippen molar-refractivity contribution in [1.29, 1.82) is 0 Å². The highest BCUT2D eigenvalue weighted by molar-refractivity contribution is 5.23. The molecule has 210 valence electrons. The van der Waals surface area contributed by atoms with Gasteiger partial charge in [-0.3, -0.25) is 0 Å². The molecule has 0 aromatic carbocycles. The molecule has 0 amide bonds. The van der Waals surface area contributed by atoms with E-state index in [4.69, 9.17) is 0 Å². The van der Waals surface area contributed by atoms with Gasteiger partial charge in [0.15, 0.2) is 11.2 Å². The van der Waals surface area contributed by atoms with E-state index in [1.807, 2.05) is 0 Å². The molecule has 0 aromatic rings. The Balaban J connectivity index is 2.64. The van der Waals surface area contributed by atoms with Crippen molar-refractivity contribution in [3.63, 3.8) is 0 Å². The highest BCUT2D eigenvalue weighted by Crippen LogP contribution is 2.64. The fourth-order valence-electron chi connectivity index (χ4n) is 4.19. The molecule has 0 saturated heterocycles. The SMILES string of the molecule is COC1CC=CCC1(O)C(F)(F)C(F)(F)C(F)(F)C(F)(F)C(F)(F)C(F)(F)C1(O)CC=CCC1OC. The van der Waals surface area contributed by atoms with Crippen LogP contribution in [0.25, 0.3) is 0 Å². The zero-order valence-corrected chi connectivity index (χ0v) is 18.5. The third-order valence-electron chi connectivity index (χ3n) is 6.59. The minimum absolute atomic E-state index is 0.579. The number of rotatable bonds is 9. The summed E-state index contributed by atoms with van der Waals surface area (Å²) in [5.74, 6) is -44.2. The van der Waals surface area contributed by atoms with Crippen LogP contribution in [0.1, 0.15) is 25.7 Å². The van der Waals surface area contributed by atoms with Crippen LogP contribution in [0.4, 0.5) is 52.7 Å². The van der Waals surface area contributed by atoms with Crippen LogP contribution in [0.2, 0.25) is 0 Å². The van der Waals surface area contributed by atoms with Crippen molar-refractivity contribution in [2.24, 2.45) is 0 Å². The van der Waals surface area contributed by atoms with Crippen molar-refractivity contribution in [2.45, 2.75) is 84.6 Å². The van der Waals surface area contributed by atoms with Crippen LogP contribution in [0.5, 0.6) is 0 Å². The molecular formula is C20H22F12O4. The van der Waals surface area contributed by atoms with Gasteiger partial charge in [-0.1, -0.05) is 24.3 Å². The maximum atomic E-state index is 14.7. The highest BCUT2D eigenvalue weighted by Gasteiger charge is 2.94. The lowest BCUT2D eigenvalue weighted by Gasteiger charge is -2.50. The molecule has 2 aliphatic carbocycles. The van der Waals surface area contributed by atoms with Gasteiger partial charge in [-0.05, 0) is 12.8 Å².